The van der Waals surface area contributed by atoms with E-state index in [9.17, 15) is 9.59 Å². The largest absolute Gasteiger partial charge is 0.450 e. The number of ether oxygens (including phenoxy) is 1. The number of guanidine groups is 1. The number of nitrogens with one attached hydrogen (secondary N) is 2. The Morgan fingerprint density at radius 2 is 2.14 bits per heavy atom. The zero-order valence-electron chi connectivity index (χ0n) is 17.7. The van der Waals surface area contributed by atoms with Crippen LogP contribution in [-0.2, 0) is 9.53 Å². The maximum Gasteiger partial charge on any atom is 0.409 e. The molecular formula is C19H32N6O3S. The Morgan fingerprint density at radius 3 is 2.72 bits per heavy atom. The van der Waals surface area contributed by atoms with E-state index < -0.39 is 0 Å². The van der Waals surface area contributed by atoms with Crippen molar-refractivity contribution in [3.63, 3.8) is 0 Å². The first-order valence-corrected chi connectivity index (χ1v) is 10.8. The topological polar surface area (TPSA) is 99.2 Å². The fourth-order valence-corrected chi connectivity index (χ4v) is 3.57. The lowest BCUT2D eigenvalue weighted by atomic mass is 10.1. The number of aliphatic imine (C=N–C) groups is 1. The molecule has 1 aromatic rings. The van der Waals surface area contributed by atoms with Crippen molar-refractivity contribution in [1.29, 1.82) is 0 Å². The predicted octanol–water partition coefficient (Wildman–Crippen LogP) is 1.49. The van der Waals surface area contributed by atoms with Gasteiger partial charge in [-0.1, -0.05) is 6.92 Å². The Balaban J connectivity index is 1.92. The second kappa shape index (κ2) is 11.6. The molecule has 0 bridgehead atoms. The van der Waals surface area contributed by atoms with Crippen molar-refractivity contribution in [2.45, 2.75) is 38.6 Å². The molecule has 0 aromatic carbocycles. The van der Waals surface area contributed by atoms with Crippen molar-refractivity contribution in [1.82, 2.24) is 25.4 Å². The van der Waals surface area contributed by atoms with E-state index in [0.29, 0.717) is 32.2 Å². The molecule has 2 rings (SSSR count). The van der Waals surface area contributed by atoms with Gasteiger partial charge in [-0.15, -0.1) is 11.3 Å². The third-order valence-corrected chi connectivity index (χ3v) is 5.69. The molecule has 0 aliphatic carbocycles. The lowest BCUT2D eigenvalue weighted by molar-refractivity contribution is -0.127. The van der Waals surface area contributed by atoms with Crippen molar-refractivity contribution in [3.8, 4) is 0 Å². The van der Waals surface area contributed by atoms with Crippen LogP contribution in [0.1, 0.15) is 37.6 Å². The van der Waals surface area contributed by atoms with Crippen LogP contribution in [0.15, 0.2) is 16.6 Å². The number of carbonyl (C=O) groups is 2. The van der Waals surface area contributed by atoms with Gasteiger partial charge in [0, 0.05) is 57.3 Å². The van der Waals surface area contributed by atoms with Gasteiger partial charge in [-0.05, 0) is 19.8 Å². The highest BCUT2D eigenvalue weighted by atomic mass is 32.1. The van der Waals surface area contributed by atoms with Crippen LogP contribution < -0.4 is 10.6 Å². The van der Waals surface area contributed by atoms with E-state index in [1.165, 1.54) is 4.90 Å². The van der Waals surface area contributed by atoms with Gasteiger partial charge >= 0.3 is 6.09 Å². The number of amides is 2. The van der Waals surface area contributed by atoms with Crippen molar-refractivity contribution in [2.75, 3.05) is 46.9 Å². The number of aromatic nitrogens is 1. The summed E-state index contributed by atoms with van der Waals surface area (Å²) in [5.74, 6) is 0.784. The maximum absolute atomic E-state index is 11.9. The van der Waals surface area contributed by atoms with E-state index in [1.807, 2.05) is 12.3 Å². The van der Waals surface area contributed by atoms with Gasteiger partial charge in [-0.2, -0.15) is 0 Å². The molecule has 2 heterocycles. The van der Waals surface area contributed by atoms with E-state index >= 15 is 0 Å². The summed E-state index contributed by atoms with van der Waals surface area (Å²) in [5, 5.41) is 9.77. The monoisotopic (exact) mass is 424 g/mol. The summed E-state index contributed by atoms with van der Waals surface area (Å²) in [6.07, 6.45) is 3.13. The maximum atomic E-state index is 11.9. The number of nitrogens with zero attached hydrogens (tertiary/aromatic N) is 4. The molecule has 1 atom stereocenters. The molecule has 1 aliphatic heterocycles. The average Bonchev–Trinajstić information content (AvgIpc) is 3.25. The molecule has 162 valence electrons. The molecule has 1 aromatic heterocycles. The highest BCUT2D eigenvalue weighted by molar-refractivity contribution is 7.09. The van der Waals surface area contributed by atoms with Crippen molar-refractivity contribution < 1.29 is 14.3 Å². The fourth-order valence-electron chi connectivity index (χ4n) is 2.87. The van der Waals surface area contributed by atoms with Crippen molar-refractivity contribution in [3.05, 3.63) is 16.6 Å². The molecule has 1 saturated heterocycles. The van der Waals surface area contributed by atoms with Gasteiger partial charge in [0.25, 0.3) is 0 Å². The van der Waals surface area contributed by atoms with Crippen LogP contribution in [0.3, 0.4) is 0 Å². The van der Waals surface area contributed by atoms with Crippen LogP contribution in [0.4, 0.5) is 4.79 Å². The Bertz CT molecular complexity index is 671. The van der Waals surface area contributed by atoms with E-state index in [0.717, 1.165) is 17.8 Å². The van der Waals surface area contributed by atoms with E-state index in [2.05, 4.69) is 27.5 Å². The summed E-state index contributed by atoms with van der Waals surface area (Å²) in [5.41, 5.74) is 0. The van der Waals surface area contributed by atoms with Gasteiger partial charge in [0.15, 0.2) is 5.96 Å². The number of likely N-dealkylation sites (tertiary alicyclic amines) is 1. The number of hydrogen-bond acceptors (Lipinski definition) is 6. The van der Waals surface area contributed by atoms with Crippen LogP contribution in [0.5, 0.6) is 0 Å². The SMILES string of the molecule is CCOC(=O)N1CCC(NC(=NCC(=O)N(C)C)NCC(C)c2nccs2)CC1. The number of carbonyl (C=O) groups excluding carboxylic acids is 2. The normalized spacial score (nSPS) is 16.3. The smallest absolute Gasteiger partial charge is 0.409 e. The Kier molecular flexibility index (Phi) is 9.17. The van der Waals surface area contributed by atoms with Crippen molar-refractivity contribution in [2.24, 2.45) is 4.99 Å². The summed E-state index contributed by atoms with van der Waals surface area (Å²) < 4.78 is 5.07. The van der Waals surface area contributed by atoms with Gasteiger partial charge < -0.3 is 25.2 Å². The van der Waals surface area contributed by atoms with Crippen LogP contribution >= 0.6 is 11.3 Å². The molecule has 1 fully saturated rings. The minimum Gasteiger partial charge on any atom is -0.450 e. The lowest BCUT2D eigenvalue weighted by Crippen LogP contribution is -2.50. The molecule has 9 nitrogen and oxygen atoms in total. The third kappa shape index (κ3) is 7.52. The second-order valence-corrected chi connectivity index (χ2v) is 8.14. The second-order valence-electron chi connectivity index (χ2n) is 7.21. The first kappa shape index (κ1) is 22.9. The van der Waals surface area contributed by atoms with Crippen molar-refractivity contribution >= 4 is 29.3 Å². The van der Waals surface area contributed by atoms with Gasteiger partial charge in [0.2, 0.25) is 5.91 Å². The first-order valence-electron chi connectivity index (χ1n) is 9.96. The summed E-state index contributed by atoms with van der Waals surface area (Å²) in [4.78, 5) is 35.9. The number of piperidine rings is 1. The molecule has 0 saturated carbocycles. The van der Waals surface area contributed by atoms with Gasteiger partial charge in [0.05, 0.1) is 11.6 Å². The zero-order valence-corrected chi connectivity index (χ0v) is 18.5. The quantitative estimate of drug-likeness (QED) is 0.508. The molecule has 2 amide bonds. The van der Waals surface area contributed by atoms with Crippen LogP contribution in [0.25, 0.3) is 0 Å². The Hall–Kier alpha value is -2.36. The Morgan fingerprint density at radius 1 is 1.41 bits per heavy atom. The first-order chi connectivity index (χ1) is 13.9. The summed E-state index contributed by atoms with van der Waals surface area (Å²) in [6, 6.07) is 0.177. The third-order valence-electron chi connectivity index (χ3n) is 4.68. The average molecular weight is 425 g/mol. The number of thiazole rings is 1. The van der Waals surface area contributed by atoms with Crippen LogP contribution in [0, 0.1) is 0 Å². The Labute approximate surface area is 176 Å². The standard InChI is InChI=1S/C19H32N6O3S/c1-5-28-19(27)25-9-6-15(7-10-25)23-18(22-13-16(26)24(3)4)21-12-14(2)17-20-8-11-29-17/h8,11,14-15H,5-7,9-10,12-13H2,1-4H3,(H2,21,22,23). The molecule has 1 unspecified atom stereocenters. The number of likely N-dealkylation sites (N-methyl/N-ethyl adjacent to an activating group) is 1. The molecule has 29 heavy (non-hydrogen) atoms. The molecule has 10 heteroatoms. The molecule has 2 N–H and O–H groups in total. The highest BCUT2D eigenvalue weighted by Gasteiger charge is 2.24. The molecular weight excluding hydrogens is 392 g/mol. The zero-order chi connectivity index (χ0) is 21.2. The van der Waals surface area contributed by atoms with E-state index in [1.54, 1.807) is 36.5 Å². The molecule has 0 spiro atoms. The van der Waals surface area contributed by atoms with Gasteiger partial charge in [-0.3, -0.25) is 4.79 Å². The van der Waals surface area contributed by atoms with E-state index in [4.69, 9.17) is 4.74 Å². The minimum absolute atomic E-state index is 0.0591. The lowest BCUT2D eigenvalue weighted by Gasteiger charge is -2.32. The molecule has 0 radical (unpaired) electrons. The number of hydrogen-bond donors (Lipinski definition) is 2. The van der Waals surface area contributed by atoms with E-state index in [-0.39, 0.29) is 30.5 Å². The van der Waals surface area contributed by atoms with Gasteiger partial charge in [0.1, 0.15) is 6.54 Å². The van der Waals surface area contributed by atoms with Crippen LogP contribution in [0.2, 0.25) is 0 Å². The summed E-state index contributed by atoms with van der Waals surface area (Å²) in [7, 11) is 3.43. The predicted molar refractivity (Wildman–Crippen MR) is 114 cm³/mol. The summed E-state index contributed by atoms with van der Waals surface area (Å²) >= 11 is 1.63. The molecule has 1 aliphatic rings. The number of rotatable bonds is 7. The van der Waals surface area contributed by atoms with Gasteiger partial charge in [-0.25, -0.2) is 14.8 Å². The highest BCUT2D eigenvalue weighted by Crippen LogP contribution is 2.16. The summed E-state index contributed by atoms with van der Waals surface area (Å²) in [6.45, 7) is 6.31. The fraction of sp³-hybridized carbons (Fsp3) is 0.684. The minimum atomic E-state index is -0.258. The van der Waals surface area contributed by atoms with Crippen LogP contribution in [-0.4, -0.2) is 85.7 Å².